The third-order valence-corrected chi connectivity index (χ3v) is 5.51. The number of hydrogen-bond acceptors (Lipinski definition) is 0. The Hall–Kier alpha value is -3.38. The smallest absolute Gasteiger partial charge is 0.00265 e. The van der Waals surface area contributed by atoms with E-state index in [-0.39, 0.29) is 0 Å². The second kappa shape index (κ2) is 7.93. The van der Waals surface area contributed by atoms with E-state index in [1.54, 1.807) is 0 Å². The van der Waals surface area contributed by atoms with Crippen molar-refractivity contribution in [1.82, 2.24) is 0 Å². The van der Waals surface area contributed by atoms with Crippen LogP contribution >= 0.6 is 0 Å². The van der Waals surface area contributed by atoms with E-state index in [4.69, 9.17) is 0 Å². The van der Waals surface area contributed by atoms with Crippen molar-refractivity contribution in [2.45, 2.75) is 20.8 Å². The molecule has 0 unspecified atom stereocenters. The van der Waals surface area contributed by atoms with Crippen LogP contribution in [0.3, 0.4) is 0 Å². The summed E-state index contributed by atoms with van der Waals surface area (Å²) in [5.41, 5.74) is 9.92. The lowest BCUT2D eigenvalue weighted by molar-refractivity contribution is 1.46. The van der Waals surface area contributed by atoms with Crippen LogP contribution in [-0.2, 0) is 0 Å². The van der Waals surface area contributed by atoms with E-state index < -0.39 is 0 Å². The van der Waals surface area contributed by atoms with Crippen LogP contribution in [0.25, 0.3) is 45.2 Å². The van der Waals surface area contributed by atoms with Crippen LogP contribution < -0.4 is 0 Å². The second-order valence-electron chi connectivity index (χ2n) is 7.56. The molecule has 0 saturated carbocycles. The molecule has 29 heavy (non-hydrogen) atoms. The molecule has 0 heteroatoms. The summed E-state index contributed by atoms with van der Waals surface area (Å²) >= 11 is 0. The monoisotopic (exact) mass is 374 g/mol. The lowest BCUT2D eigenvalue weighted by atomic mass is 9.83. The predicted molar refractivity (Wildman–Crippen MR) is 129 cm³/mol. The molecular weight excluding hydrogens is 348 g/mol. The Morgan fingerprint density at radius 3 is 1.48 bits per heavy atom. The van der Waals surface area contributed by atoms with Crippen LogP contribution in [0.1, 0.15) is 29.2 Å². The Morgan fingerprint density at radius 1 is 0.621 bits per heavy atom. The van der Waals surface area contributed by atoms with Crippen molar-refractivity contribution >= 4 is 22.9 Å². The first-order chi connectivity index (χ1) is 14.1. The molecule has 0 aliphatic rings. The average molecular weight is 375 g/mol. The molecule has 0 atom stereocenters. The Morgan fingerprint density at radius 2 is 1.07 bits per heavy atom. The Balaban J connectivity index is 2.19. The number of aryl methyl sites for hydroxylation is 2. The van der Waals surface area contributed by atoms with Gasteiger partial charge in [-0.25, -0.2) is 0 Å². The molecule has 4 aromatic carbocycles. The molecule has 0 aliphatic carbocycles. The fourth-order valence-electron chi connectivity index (χ4n) is 4.09. The van der Waals surface area contributed by atoms with E-state index in [1.165, 1.54) is 55.3 Å². The summed E-state index contributed by atoms with van der Waals surface area (Å²) in [5, 5.41) is 2.53. The number of hydrogen-bond donors (Lipinski definition) is 0. The minimum atomic E-state index is 1.18. The number of rotatable bonds is 4. The van der Waals surface area contributed by atoms with E-state index in [0.717, 1.165) is 0 Å². The SMILES string of the molecule is C=Cc1c(/C=C\C)c(-c2ccc(C)cc2)c2ccccc2c1-c1ccc(C)cc1. The summed E-state index contributed by atoms with van der Waals surface area (Å²) < 4.78 is 0. The largest absolute Gasteiger partial charge is 0.0984 e. The molecule has 0 aliphatic heterocycles. The summed E-state index contributed by atoms with van der Waals surface area (Å²) in [6.07, 6.45) is 6.35. The third kappa shape index (κ3) is 3.43. The van der Waals surface area contributed by atoms with E-state index in [2.05, 4.69) is 112 Å². The van der Waals surface area contributed by atoms with E-state index in [0.29, 0.717) is 0 Å². The van der Waals surface area contributed by atoms with Crippen LogP contribution in [0.15, 0.2) is 85.5 Å². The maximum absolute atomic E-state index is 4.20. The molecule has 4 aromatic rings. The fraction of sp³-hybridized carbons (Fsp3) is 0.103. The van der Waals surface area contributed by atoms with Gasteiger partial charge in [-0.15, -0.1) is 0 Å². The molecular formula is C29H26. The molecule has 0 bridgehead atoms. The van der Waals surface area contributed by atoms with Gasteiger partial charge in [0.05, 0.1) is 0 Å². The van der Waals surface area contributed by atoms with Gasteiger partial charge in [0, 0.05) is 0 Å². The van der Waals surface area contributed by atoms with Gasteiger partial charge in [0.25, 0.3) is 0 Å². The Labute approximate surface area is 173 Å². The van der Waals surface area contributed by atoms with Crippen molar-refractivity contribution in [2.24, 2.45) is 0 Å². The van der Waals surface area contributed by atoms with Gasteiger partial charge in [-0.05, 0) is 64.9 Å². The van der Waals surface area contributed by atoms with Gasteiger partial charge in [0.1, 0.15) is 0 Å². The normalized spacial score (nSPS) is 11.3. The van der Waals surface area contributed by atoms with Gasteiger partial charge >= 0.3 is 0 Å². The van der Waals surface area contributed by atoms with Crippen molar-refractivity contribution in [3.05, 3.63) is 108 Å². The van der Waals surface area contributed by atoms with Crippen molar-refractivity contribution in [3.63, 3.8) is 0 Å². The highest BCUT2D eigenvalue weighted by molar-refractivity contribution is 6.11. The molecule has 0 nitrogen and oxygen atoms in total. The van der Waals surface area contributed by atoms with Crippen LogP contribution in [-0.4, -0.2) is 0 Å². The van der Waals surface area contributed by atoms with Crippen LogP contribution in [0.2, 0.25) is 0 Å². The van der Waals surface area contributed by atoms with Gasteiger partial charge in [-0.2, -0.15) is 0 Å². The van der Waals surface area contributed by atoms with E-state index >= 15 is 0 Å². The molecule has 0 spiro atoms. The second-order valence-corrected chi connectivity index (χ2v) is 7.56. The minimum absolute atomic E-state index is 1.18. The highest BCUT2D eigenvalue weighted by Crippen LogP contribution is 2.43. The quantitative estimate of drug-likeness (QED) is 0.336. The fourth-order valence-corrected chi connectivity index (χ4v) is 4.09. The maximum atomic E-state index is 4.20. The topological polar surface area (TPSA) is 0 Å². The van der Waals surface area contributed by atoms with Gasteiger partial charge < -0.3 is 0 Å². The Bertz CT molecular complexity index is 1200. The summed E-state index contributed by atoms with van der Waals surface area (Å²) in [6.45, 7) is 10.5. The van der Waals surface area contributed by atoms with Gasteiger partial charge in [0.2, 0.25) is 0 Å². The first-order valence-electron chi connectivity index (χ1n) is 10.1. The molecule has 0 heterocycles. The lowest BCUT2D eigenvalue weighted by Crippen LogP contribution is -1.96. The standard InChI is InChI=1S/C29H26/c1-5-9-25-24(6-2)28(22-16-12-20(3)13-17-22)26-10-7-8-11-27(26)29(25)23-18-14-21(4)15-19-23/h5-19H,2H2,1,3-4H3/b9-5-. The zero-order chi connectivity index (χ0) is 20.4. The maximum Gasteiger partial charge on any atom is -0.00265 e. The van der Waals surface area contributed by atoms with E-state index in [1.807, 2.05) is 6.08 Å². The molecule has 0 fully saturated rings. The molecule has 0 N–H and O–H groups in total. The van der Waals surface area contributed by atoms with Crippen molar-refractivity contribution in [2.75, 3.05) is 0 Å². The number of allylic oxidation sites excluding steroid dienone is 1. The van der Waals surface area contributed by atoms with Crippen molar-refractivity contribution in [3.8, 4) is 22.3 Å². The van der Waals surface area contributed by atoms with Gasteiger partial charge in [0.15, 0.2) is 0 Å². The zero-order valence-electron chi connectivity index (χ0n) is 17.4. The van der Waals surface area contributed by atoms with E-state index in [9.17, 15) is 0 Å². The number of benzene rings is 4. The van der Waals surface area contributed by atoms with Crippen LogP contribution in [0, 0.1) is 13.8 Å². The first-order valence-corrected chi connectivity index (χ1v) is 10.1. The third-order valence-electron chi connectivity index (χ3n) is 5.51. The molecule has 0 saturated heterocycles. The van der Waals surface area contributed by atoms with Crippen molar-refractivity contribution in [1.29, 1.82) is 0 Å². The van der Waals surface area contributed by atoms with Crippen LogP contribution in [0.4, 0.5) is 0 Å². The zero-order valence-corrected chi connectivity index (χ0v) is 17.4. The van der Waals surface area contributed by atoms with Gasteiger partial charge in [-0.1, -0.05) is 109 Å². The highest BCUT2D eigenvalue weighted by Gasteiger charge is 2.18. The summed E-state index contributed by atoms with van der Waals surface area (Å²) in [5.74, 6) is 0. The summed E-state index contributed by atoms with van der Waals surface area (Å²) in [7, 11) is 0. The lowest BCUT2D eigenvalue weighted by Gasteiger charge is -2.20. The molecule has 0 radical (unpaired) electrons. The summed E-state index contributed by atoms with van der Waals surface area (Å²) in [6, 6.07) is 26.3. The summed E-state index contributed by atoms with van der Waals surface area (Å²) in [4.78, 5) is 0. The Kier molecular flexibility index (Phi) is 5.18. The van der Waals surface area contributed by atoms with Crippen molar-refractivity contribution < 1.29 is 0 Å². The highest BCUT2D eigenvalue weighted by atomic mass is 14.2. The average Bonchev–Trinajstić information content (AvgIpc) is 2.74. The predicted octanol–water partition coefficient (Wildman–Crippen LogP) is 8.47. The molecule has 0 aromatic heterocycles. The first kappa shape index (κ1) is 19.0. The van der Waals surface area contributed by atoms with Gasteiger partial charge in [-0.3, -0.25) is 0 Å². The molecule has 4 rings (SSSR count). The number of fused-ring (bicyclic) bond motifs is 1. The minimum Gasteiger partial charge on any atom is -0.0984 e. The van der Waals surface area contributed by atoms with Crippen LogP contribution in [0.5, 0.6) is 0 Å². The molecule has 0 amide bonds. The molecule has 142 valence electrons.